The lowest BCUT2D eigenvalue weighted by Gasteiger charge is -2.24. The lowest BCUT2D eigenvalue weighted by Crippen LogP contribution is -2.43. The van der Waals surface area contributed by atoms with Crippen molar-refractivity contribution in [1.29, 1.82) is 0 Å². The minimum Gasteiger partial charge on any atom is -0.454 e. The Kier molecular flexibility index (Phi) is 8.74. The lowest BCUT2D eigenvalue weighted by atomic mass is 10.2. The first-order valence-corrected chi connectivity index (χ1v) is 7.84. The standard InChI is InChI=1S/C16H23F3N4O2.HI/c1-20-15(21-6-7-22(2)10-16(17,18)19)23(3)9-12-4-5-13-14(8-12)25-11-24-13;/h4-5,8H,6-7,9-11H2,1-3H3,(H,20,21);1H. The molecule has 0 unspecified atom stereocenters. The Morgan fingerprint density at radius 1 is 1.23 bits per heavy atom. The van der Waals surface area contributed by atoms with Crippen molar-refractivity contribution in [3.8, 4) is 11.5 Å². The Morgan fingerprint density at radius 3 is 2.58 bits per heavy atom. The Hall–Kier alpha value is -1.43. The topological polar surface area (TPSA) is 49.3 Å². The molecule has 1 N–H and O–H groups in total. The normalized spacial score (nSPS) is 13.6. The maximum atomic E-state index is 12.3. The highest BCUT2D eigenvalue weighted by atomic mass is 127. The predicted molar refractivity (Wildman–Crippen MR) is 104 cm³/mol. The monoisotopic (exact) mass is 488 g/mol. The first-order valence-electron chi connectivity index (χ1n) is 7.84. The van der Waals surface area contributed by atoms with Crippen LogP contribution in [0.1, 0.15) is 5.56 Å². The molecule has 0 aromatic heterocycles. The number of aliphatic imine (C=N–C) groups is 1. The molecule has 0 fully saturated rings. The van der Waals surface area contributed by atoms with Gasteiger partial charge in [-0.2, -0.15) is 13.2 Å². The lowest BCUT2D eigenvalue weighted by molar-refractivity contribution is -0.142. The van der Waals surface area contributed by atoms with Crippen molar-refractivity contribution in [3.63, 3.8) is 0 Å². The van der Waals surface area contributed by atoms with Crippen LogP contribution in [0.25, 0.3) is 0 Å². The Balaban J connectivity index is 0.00000338. The van der Waals surface area contributed by atoms with E-state index >= 15 is 0 Å². The number of likely N-dealkylation sites (N-methyl/N-ethyl adjacent to an activating group) is 1. The second kappa shape index (κ2) is 10.0. The quantitative estimate of drug-likeness (QED) is 0.379. The van der Waals surface area contributed by atoms with Crippen LogP contribution in [-0.4, -0.2) is 69.5 Å². The van der Waals surface area contributed by atoms with Gasteiger partial charge in [0.15, 0.2) is 17.5 Å². The minimum absolute atomic E-state index is 0. The highest BCUT2D eigenvalue weighted by Gasteiger charge is 2.28. The van der Waals surface area contributed by atoms with Gasteiger partial charge < -0.3 is 19.7 Å². The van der Waals surface area contributed by atoms with E-state index in [0.29, 0.717) is 24.8 Å². The molecule has 6 nitrogen and oxygen atoms in total. The van der Waals surface area contributed by atoms with Crippen molar-refractivity contribution in [1.82, 2.24) is 15.1 Å². The number of fused-ring (bicyclic) bond motifs is 1. The molecular weight excluding hydrogens is 464 g/mol. The van der Waals surface area contributed by atoms with Gasteiger partial charge in [-0.3, -0.25) is 9.89 Å². The number of rotatable bonds is 6. The van der Waals surface area contributed by atoms with Crippen LogP contribution in [-0.2, 0) is 6.54 Å². The summed E-state index contributed by atoms with van der Waals surface area (Å²) >= 11 is 0. The highest BCUT2D eigenvalue weighted by molar-refractivity contribution is 14.0. The number of nitrogens with zero attached hydrogens (tertiary/aromatic N) is 3. The van der Waals surface area contributed by atoms with E-state index in [2.05, 4.69) is 10.3 Å². The molecule has 26 heavy (non-hydrogen) atoms. The molecule has 0 radical (unpaired) electrons. The third kappa shape index (κ3) is 7.06. The van der Waals surface area contributed by atoms with Crippen LogP contribution in [0.5, 0.6) is 11.5 Å². The molecule has 2 rings (SSSR count). The molecule has 1 aliphatic heterocycles. The van der Waals surface area contributed by atoms with Gasteiger partial charge in [-0.25, -0.2) is 0 Å². The molecule has 0 amide bonds. The summed E-state index contributed by atoms with van der Waals surface area (Å²) in [4.78, 5) is 7.27. The summed E-state index contributed by atoms with van der Waals surface area (Å²) in [7, 11) is 4.94. The third-order valence-corrected chi connectivity index (χ3v) is 3.66. The van der Waals surface area contributed by atoms with Crippen molar-refractivity contribution in [2.75, 3.05) is 47.6 Å². The zero-order chi connectivity index (χ0) is 18.4. The Morgan fingerprint density at radius 2 is 1.92 bits per heavy atom. The summed E-state index contributed by atoms with van der Waals surface area (Å²) in [6.07, 6.45) is -4.19. The van der Waals surface area contributed by atoms with Crippen molar-refractivity contribution >= 4 is 29.9 Å². The van der Waals surface area contributed by atoms with Gasteiger partial charge >= 0.3 is 6.18 Å². The van der Waals surface area contributed by atoms with Crippen molar-refractivity contribution in [3.05, 3.63) is 23.8 Å². The van der Waals surface area contributed by atoms with E-state index in [1.807, 2.05) is 30.1 Å². The summed E-state index contributed by atoms with van der Waals surface area (Å²) in [6.45, 7) is 0.499. The van der Waals surface area contributed by atoms with Crippen LogP contribution >= 0.6 is 24.0 Å². The molecular formula is C16H24F3IN4O2. The van der Waals surface area contributed by atoms with Gasteiger partial charge in [0.05, 0.1) is 6.54 Å². The molecule has 0 saturated heterocycles. The number of guanidine groups is 1. The van der Waals surface area contributed by atoms with Crippen LogP contribution in [0.2, 0.25) is 0 Å². The first kappa shape index (κ1) is 22.6. The third-order valence-electron chi connectivity index (χ3n) is 3.66. The van der Waals surface area contributed by atoms with Gasteiger partial charge in [-0.1, -0.05) is 6.07 Å². The summed E-state index contributed by atoms with van der Waals surface area (Å²) in [5, 5.41) is 3.07. The maximum Gasteiger partial charge on any atom is 0.401 e. The second-order valence-electron chi connectivity index (χ2n) is 5.87. The number of hydrogen-bond donors (Lipinski definition) is 1. The average Bonchev–Trinajstić information content (AvgIpc) is 2.97. The molecule has 0 aliphatic carbocycles. The second-order valence-corrected chi connectivity index (χ2v) is 5.87. The molecule has 0 atom stereocenters. The maximum absolute atomic E-state index is 12.3. The summed E-state index contributed by atoms with van der Waals surface area (Å²) in [5.74, 6) is 2.04. The summed E-state index contributed by atoms with van der Waals surface area (Å²) in [5.41, 5.74) is 1.02. The highest BCUT2D eigenvalue weighted by Crippen LogP contribution is 2.32. The van der Waals surface area contributed by atoms with Gasteiger partial charge in [0, 0.05) is 33.7 Å². The van der Waals surface area contributed by atoms with Crippen LogP contribution in [0.3, 0.4) is 0 Å². The molecule has 1 heterocycles. The van der Waals surface area contributed by atoms with E-state index in [1.54, 1.807) is 7.05 Å². The molecule has 0 spiro atoms. The van der Waals surface area contributed by atoms with Crippen LogP contribution < -0.4 is 14.8 Å². The molecule has 1 aromatic carbocycles. The number of halogens is 4. The predicted octanol–water partition coefficient (Wildman–Crippen LogP) is 2.53. The van der Waals surface area contributed by atoms with Crippen LogP contribution in [0.15, 0.2) is 23.2 Å². The molecule has 1 aliphatic rings. The smallest absolute Gasteiger partial charge is 0.401 e. The van der Waals surface area contributed by atoms with Crippen molar-refractivity contribution in [2.24, 2.45) is 4.99 Å². The SMILES string of the molecule is CN=C(NCCN(C)CC(F)(F)F)N(C)Cc1ccc2c(c1)OCO2.I. The zero-order valence-electron chi connectivity index (χ0n) is 15.0. The first-order chi connectivity index (χ1) is 11.8. The average molecular weight is 488 g/mol. The fourth-order valence-electron chi connectivity index (χ4n) is 2.52. The van der Waals surface area contributed by atoms with Crippen molar-refractivity contribution < 1.29 is 22.6 Å². The van der Waals surface area contributed by atoms with Gasteiger partial charge in [0.2, 0.25) is 6.79 Å². The zero-order valence-corrected chi connectivity index (χ0v) is 17.3. The van der Waals surface area contributed by atoms with E-state index in [9.17, 15) is 13.2 Å². The van der Waals surface area contributed by atoms with E-state index in [1.165, 1.54) is 11.9 Å². The number of nitrogens with one attached hydrogen (secondary N) is 1. The molecule has 148 valence electrons. The number of alkyl halides is 3. The Bertz CT molecular complexity index is 614. The molecule has 0 saturated carbocycles. The Labute approximate surface area is 168 Å². The van der Waals surface area contributed by atoms with E-state index in [0.717, 1.165) is 11.3 Å². The summed E-state index contributed by atoms with van der Waals surface area (Å²) < 4.78 is 47.6. The largest absolute Gasteiger partial charge is 0.454 e. The van der Waals surface area contributed by atoms with Gasteiger partial charge in [-0.15, -0.1) is 24.0 Å². The number of benzene rings is 1. The summed E-state index contributed by atoms with van der Waals surface area (Å²) in [6, 6.07) is 5.70. The minimum atomic E-state index is -4.19. The molecule has 1 aromatic rings. The van der Waals surface area contributed by atoms with Crippen LogP contribution in [0, 0.1) is 0 Å². The fraction of sp³-hybridized carbons (Fsp3) is 0.562. The van der Waals surface area contributed by atoms with Crippen LogP contribution in [0.4, 0.5) is 13.2 Å². The molecule has 10 heteroatoms. The number of hydrogen-bond acceptors (Lipinski definition) is 4. The molecule has 0 bridgehead atoms. The van der Waals surface area contributed by atoms with Crippen molar-refractivity contribution in [2.45, 2.75) is 12.7 Å². The van der Waals surface area contributed by atoms with Gasteiger partial charge in [-0.05, 0) is 24.7 Å². The van der Waals surface area contributed by atoms with E-state index in [4.69, 9.17) is 9.47 Å². The van der Waals surface area contributed by atoms with Gasteiger partial charge in [0.1, 0.15) is 0 Å². The van der Waals surface area contributed by atoms with Gasteiger partial charge in [0.25, 0.3) is 0 Å². The van der Waals surface area contributed by atoms with E-state index in [-0.39, 0.29) is 37.3 Å². The number of ether oxygens (including phenoxy) is 2. The fourth-order valence-corrected chi connectivity index (χ4v) is 2.52. The van der Waals surface area contributed by atoms with E-state index < -0.39 is 12.7 Å².